The van der Waals surface area contributed by atoms with Crippen LogP contribution >= 0.6 is 0 Å². The van der Waals surface area contributed by atoms with Gasteiger partial charge in [-0.1, -0.05) is 0 Å². The summed E-state index contributed by atoms with van der Waals surface area (Å²) in [6, 6.07) is 5.72. The summed E-state index contributed by atoms with van der Waals surface area (Å²) in [5, 5.41) is 12.9. The lowest BCUT2D eigenvalue weighted by Gasteiger charge is -2.09. The van der Waals surface area contributed by atoms with Gasteiger partial charge in [-0.3, -0.25) is 10.1 Å². The van der Waals surface area contributed by atoms with E-state index in [2.05, 4.69) is 5.32 Å². The molecule has 1 heterocycles. The van der Waals surface area contributed by atoms with Crippen molar-refractivity contribution < 1.29 is 19.2 Å². The number of amides is 1. The van der Waals surface area contributed by atoms with Gasteiger partial charge in [-0.15, -0.1) is 0 Å². The van der Waals surface area contributed by atoms with Crippen molar-refractivity contribution in [1.82, 2.24) is 5.32 Å². The number of benzene rings is 1. The highest BCUT2D eigenvalue weighted by Gasteiger charge is 2.22. The normalized spacial score (nSPS) is 18.4. The van der Waals surface area contributed by atoms with E-state index in [1.165, 1.54) is 24.3 Å². The molecule has 1 atom stereocenters. The molecule has 1 amide bonds. The average molecular weight is 238 g/mol. The Labute approximate surface area is 96.5 Å². The van der Waals surface area contributed by atoms with Crippen molar-refractivity contribution in [1.29, 1.82) is 0 Å². The first kappa shape index (κ1) is 11.2. The van der Waals surface area contributed by atoms with Gasteiger partial charge in [-0.2, -0.15) is 0 Å². The van der Waals surface area contributed by atoms with Gasteiger partial charge in [0.25, 0.3) is 5.69 Å². The first-order chi connectivity index (χ1) is 8.15. The Morgan fingerprint density at radius 2 is 2.18 bits per heavy atom. The summed E-state index contributed by atoms with van der Waals surface area (Å²) in [4.78, 5) is 20.7. The smallest absolute Gasteiger partial charge is 0.407 e. The summed E-state index contributed by atoms with van der Waals surface area (Å²) in [6.45, 7) is 0.627. The molecule has 1 N–H and O–H groups in total. The molecule has 7 heteroatoms. The summed E-state index contributed by atoms with van der Waals surface area (Å²) >= 11 is 0. The van der Waals surface area contributed by atoms with Crippen LogP contribution in [-0.2, 0) is 4.74 Å². The predicted molar refractivity (Wildman–Crippen MR) is 56.9 cm³/mol. The van der Waals surface area contributed by atoms with Gasteiger partial charge in [0.2, 0.25) is 0 Å². The van der Waals surface area contributed by atoms with Crippen LogP contribution in [0.2, 0.25) is 0 Å². The summed E-state index contributed by atoms with van der Waals surface area (Å²) in [5.41, 5.74) is 0.00584. The third-order valence-electron chi connectivity index (χ3n) is 2.23. The molecule has 1 aromatic carbocycles. The Morgan fingerprint density at radius 3 is 2.71 bits per heavy atom. The van der Waals surface area contributed by atoms with E-state index in [-0.39, 0.29) is 18.4 Å². The summed E-state index contributed by atoms with van der Waals surface area (Å²) in [6.07, 6.45) is -0.778. The monoisotopic (exact) mass is 238 g/mol. The van der Waals surface area contributed by atoms with Crippen molar-refractivity contribution in [2.45, 2.75) is 6.10 Å². The van der Waals surface area contributed by atoms with Crippen molar-refractivity contribution in [3.63, 3.8) is 0 Å². The fourth-order valence-corrected chi connectivity index (χ4v) is 1.38. The molecule has 0 spiro atoms. The number of nitro groups is 1. The number of nitro benzene ring substituents is 1. The number of carbonyl (C=O) groups excluding carboxylic acids is 1. The zero-order valence-electron chi connectivity index (χ0n) is 8.79. The molecular formula is C10H10N2O5. The Hall–Kier alpha value is -2.31. The molecule has 1 aliphatic heterocycles. The minimum Gasteiger partial charge on any atom is -0.490 e. The van der Waals surface area contributed by atoms with E-state index in [9.17, 15) is 14.9 Å². The lowest BCUT2D eigenvalue weighted by atomic mass is 10.3. The van der Waals surface area contributed by atoms with Crippen LogP contribution in [0.3, 0.4) is 0 Å². The Kier molecular flexibility index (Phi) is 3.08. The molecule has 0 unspecified atom stereocenters. The van der Waals surface area contributed by atoms with Crippen molar-refractivity contribution in [2.24, 2.45) is 0 Å². The molecule has 17 heavy (non-hydrogen) atoms. The largest absolute Gasteiger partial charge is 0.490 e. The maximum Gasteiger partial charge on any atom is 0.407 e. The Morgan fingerprint density at radius 1 is 1.47 bits per heavy atom. The molecule has 0 aromatic heterocycles. The molecule has 7 nitrogen and oxygen atoms in total. The minimum atomic E-state index is -0.480. The van der Waals surface area contributed by atoms with Gasteiger partial charge >= 0.3 is 6.09 Å². The molecule has 1 aliphatic rings. The molecule has 0 radical (unpaired) electrons. The number of ether oxygens (including phenoxy) is 2. The minimum absolute atomic E-state index is 0.00584. The second kappa shape index (κ2) is 4.69. The third kappa shape index (κ3) is 2.83. The van der Waals surface area contributed by atoms with E-state index in [1.807, 2.05) is 0 Å². The van der Waals surface area contributed by atoms with E-state index in [4.69, 9.17) is 9.47 Å². The molecule has 0 bridgehead atoms. The molecule has 1 aromatic rings. The van der Waals surface area contributed by atoms with Crippen LogP contribution in [0.5, 0.6) is 5.75 Å². The number of non-ortho nitro benzene ring substituents is 1. The molecule has 0 aliphatic carbocycles. The Bertz CT molecular complexity index is 431. The van der Waals surface area contributed by atoms with Gasteiger partial charge in [0.05, 0.1) is 11.5 Å². The maximum atomic E-state index is 10.7. The highest BCUT2D eigenvalue weighted by Crippen LogP contribution is 2.17. The van der Waals surface area contributed by atoms with E-state index in [0.717, 1.165) is 0 Å². The molecule has 1 saturated heterocycles. The van der Waals surface area contributed by atoms with Gasteiger partial charge in [-0.05, 0) is 12.1 Å². The molecule has 2 rings (SSSR count). The number of alkyl carbamates (subject to hydrolysis) is 1. The zero-order valence-corrected chi connectivity index (χ0v) is 8.79. The predicted octanol–water partition coefficient (Wildman–Crippen LogP) is 1.08. The number of nitrogens with one attached hydrogen (secondary N) is 1. The SMILES string of the molecule is O=C1NC[C@H](COc2ccc([N+](=O)[O-])cc2)O1. The highest BCUT2D eigenvalue weighted by atomic mass is 16.6. The summed E-state index contributed by atoms with van der Waals surface area (Å²) in [7, 11) is 0. The lowest BCUT2D eigenvalue weighted by molar-refractivity contribution is -0.384. The first-order valence-corrected chi connectivity index (χ1v) is 4.97. The molecule has 0 saturated carbocycles. The van der Waals surface area contributed by atoms with E-state index >= 15 is 0 Å². The van der Waals surface area contributed by atoms with E-state index in [1.54, 1.807) is 0 Å². The van der Waals surface area contributed by atoms with Crippen LogP contribution in [0.4, 0.5) is 10.5 Å². The van der Waals surface area contributed by atoms with Crippen molar-refractivity contribution in [3.05, 3.63) is 34.4 Å². The fourth-order valence-electron chi connectivity index (χ4n) is 1.38. The third-order valence-corrected chi connectivity index (χ3v) is 2.23. The van der Waals surface area contributed by atoms with E-state index < -0.39 is 11.0 Å². The number of hydrogen-bond donors (Lipinski definition) is 1. The van der Waals surface area contributed by atoms with Gasteiger partial charge in [0, 0.05) is 12.1 Å². The topological polar surface area (TPSA) is 90.7 Å². The first-order valence-electron chi connectivity index (χ1n) is 4.97. The second-order valence-corrected chi connectivity index (χ2v) is 3.47. The van der Waals surface area contributed by atoms with Crippen LogP contribution in [0.15, 0.2) is 24.3 Å². The Balaban J connectivity index is 1.87. The standard InChI is InChI=1S/C10H10N2O5/c13-10-11-5-9(17-10)6-16-8-3-1-7(2-4-8)12(14)15/h1-4,9H,5-6H2,(H,11,13)/t9-/m1/s1. The quantitative estimate of drug-likeness (QED) is 0.626. The van der Waals surface area contributed by atoms with Crippen LogP contribution in [0, 0.1) is 10.1 Å². The summed E-state index contributed by atoms with van der Waals surface area (Å²) in [5.74, 6) is 0.499. The van der Waals surface area contributed by atoms with Crippen LogP contribution in [-0.4, -0.2) is 30.3 Å². The molecule has 1 fully saturated rings. The number of carbonyl (C=O) groups is 1. The number of nitrogens with zero attached hydrogens (tertiary/aromatic N) is 1. The van der Waals surface area contributed by atoms with E-state index in [0.29, 0.717) is 12.3 Å². The van der Waals surface area contributed by atoms with Crippen LogP contribution in [0.25, 0.3) is 0 Å². The second-order valence-electron chi connectivity index (χ2n) is 3.47. The lowest BCUT2D eigenvalue weighted by Crippen LogP contribution is -2.21. The van der Waals surface area contributed by atoms with Gasteiger partial charge in [-0.25, -0.2) is 4.79 Å². The van der Waals surface area contributed by atoms with Crippen molar-refractivity contribution >= 4 is 11.8 Å². The molecule has 90 valence electrons. The zero-order chi connectivity index (χ0) is 12.3. The number of rotatable bonds is 4. The highest BCUT2D eigenvalue weighted by molar-refractivity contribution is 5.69. The molecular weight excluding hydrogens is 228 g/mol. The van der Waals surface area contributed by atoms with Crippen LogP contribution in [0.1, 0.15) is 0 Å². The average Bonchev–Trinajstić information content (AvgIpc) is 2.73. The fraction of sp³-hybridized carbons (Fsp3) is 0.300. The van der Waals surface area contributed by atoms with Gasteiger partial charge in [0.15, 0.2) is 6.10 Å². The van der Waals surface area contributed by atoms with Crippen molar-refractivity contribution in [2.75, 3.05) is 13.2 Å². The van der Waals surface area contributed by atoms with Gasteiger partial charge in [0.1, 0.15) is 12.4 Å². The summed E-state index contributed by atoms with van der Waals surface area (Å²) < 4.78 is 10.2. The number of hydrogen-bond acceptors (Lipinski definition) is 5. The number of cyclic esters (lactones) is 1. The van der Waals surface area contributed by atoms with Crippen molar-refractivity contribution in [3.8, 4) is 5.75 Å². The maximum absolute atomic E-state index is 10.7. The van der Waals surface area contributed by atoms with Crippen LogP contribution < -0.4 is 10.1 Å². The van der Waals surface area contributed by atoms with Gasteiger partial charge < -0.3 is 14.8 Å².